The summed E-state index contributed by atoms with van der Waals surface area (Å²) in [4.78, 5) is 4.01. The van der Waals surface area contributed by atoms with Gasteiger partial charge in [-0.25, -0.2) is 0 Å². The Labute approximate surface area is 74.9 Å². The van der Waals surface area contributed by atoms with Crippen LogP contribution in [0.3, 0.4) is 0 Å². The highest BCUT2D eigenvalue weighted by atomic mass is 32.2. The molecule has 0 bridgehead atoms. The zero-order valence-electron chi connectivity index (χ0n) is 6.69. The van der Waals surface area contributed by atoms with Gasteiger partial charge in [-0.1, -0.05) is 6.42 Å². The van der Waals surface area contributed by atoms with Crippen molar-refractivity contribution in [2.45, 2.75) is 24.5 Å². The smallest absolute Gasteiger partial charge is 0.260 e. The largest absolute Gasteiger partial charge is 0.365 e. The van der Waals surface area contributed by atoms with Gasteiger partial charge >= 0.3 is 0 Å². The zero-order valence-corrected chi connectivity index (χ0v) is 7.51. The molecule has 66 valence electrons. The van der Waals surface area contributed by atoms with Gasteiger partial charge in [0.2, 0.25) is 5.89 Å². The highest BCUT2D eigenvalue weighted by Gasteiger charge is 2.21. The Balaban J connectivity index is 2.08. The van der Waals surface area contributed by atoms with Gasteiger partial charge in [-0.3, -0.25) is 0 Å². The number of hydrogen-bond donors (Lipinski definition) is 1. The summed E-state index contributed by atoms with van der Waals surface area (Å²) in [5.74, 6) is 2.13. The molecule has 4 nitrogen and oxygen atoms in total. The number of hydrogen-bond acceptors (Lipinski definition) is 5. The number of thioether (sulfide) groups is 1. The van der Waals surface area contributed by atoms with E-state index in [0.717, 1.165) is 6.42 Å². The molecule has 12 heavy (non-hydrogen) atoms. The van der Waals surface area contributed by atoms with Crippen LogP contribution in [0, 0.1) is 0 Å². The monoisotopic (exact) mass is 185 g/mol. The van der Waals surface area contributed by atoms with Gasteiger partial charge in [-0.05, 0) is 23.8 Å². The van der Waals surface area contributed by atoms with Crippen molar-refractivity contribution in [3.05, 3.63) is 5.89 Å². The van der Waals surface area contributed by atoms with Crippen LogP contribution >= 0.6 is 11.8 Å². The number of nitrogens with two attached hydrogens (primary N) is 1. The average molecular weight is 185 g/mol. The molecule has 0 aromatic carbocycles. The maximum Gasteiger partial charge on any atom is 0.260 e. The number of anilines is 1. The molecule has 2 N–H and O–H groups in total. The van der Waals surface area contributed by atoms with Crippen molar-refractivity contribution < 1.29 is 4.52 Å². The van der Waals surface area contributed by atoms with Crippen LogP contribution in [0.15, 0.2) is 4.52 Å². The maximum absolute atomic E-state index is 5.36. The molecule has 0 spiro atoms. The second-order valence-corrected chi connectivity index (χ2v) is 4.16. The van der Waals surface area contributed by atoms with E-state index in [9.17, 15) is 0 Å². The van der Waals surface area contributed by atoms with Gasteiger partial charge in [0, 0.05) is 0 Å². The fourth-order valence-electron chi connectivity index (χ4n) is 1.31. The third-order valence-electron chi connectivity index (χ3n) is 1.91. The van der Waals surface area contributed by atoms with E-state index >= 15 is 0 Å². The standard InChI is InChI=1S/C7H11N3OS/c8-7-9-6(11-10-7)5-3-1-2-4-12-5/h5H,1-4H2,(H2,8,10). The van der Waals surface area contributed by atoms with E-state index in [2.05, 4.69) is 10.1 Å². The van der Waals surface area contributed by atoms with Gasteiger partial charge in [0.25, 0.3) is 5.95 Å². The summed E-state index contributed by atoms with van der Waals surface area (Å²) in [6, 6.07) is 0. The summed E-state index contributed by atoms with van der Waals surface area (Å²) < 4.78 is 5.00. The van der Waals surface area contributed by atoms with Gasteiger partial charge in [0.1, 0.15) is 0 Å². The van der Waals surface area contributed by atoms with Gasteiger partial charge in [-0.2, -0.15) is 4.98 Å². The van der Waals surface area contributed by atoms with Crippen LogP contribution in [-0.4, -0.2) is 15.9 Å². The first kappa shape index (κ1) is 7.91. The van der Waals surface area contributed by atoms with Crippen molar-refractivity contribution in [2.24, 2.45) is 0 Å². The van der Waals surface area contributed by atoms with Crippen LogP contribution in [-0.2, 0) is 0 Å². The van der Waals surface area contributed by atoms with Crippen molar-refractivity contribution in [1.29, 1.82) is 0 Å². The molecule has 1 unspecified atom stereocenters. The molecule has 0 saturated carbocycles. The summed E-state index contributed by atoms with van der Waals surface area (Å²) in [6.07, 6.45) is 3.68. The predicted molar refractivity (Wildman–Crippen MR) is 47.8 cm³/mol. The summed E-state index contributed by atoms with van der Waals surface area (Å²) in [6.45, 7) is 0. The number of rotatable bonds is 1. The predicted octanol–water partition coefficient (Wildman–Crippen LogP) is 1.61. The van der Waals surface area contributed by atoms with Crippen LogP contribution < -0.4 is 5.73 Å². The van der Waals surface area contributed by atoms with E-state index in [0.29, 0.717) is 11.1 Å². The highest BCUT2D eigenvalue weighted by Crippen LogP contribution is 2.37. The van der Waals surface area contributed by atoms with Gasteiger partial charge in [0.05, 0.1) is 5.25 Å². The quantitative estimate of drug-likeness (QED) is 0.720. The van der Waals surface area contributed by atoms with Gasteiger partial charge in [-0.15, -0.1) is 11.8 Å². The number of nitrogen functional groups attached to an aromatic ring is 1. The summed E-state index contributed by atoms with van der Waals surface area (Å²) in [7, 11) is 0. The normalized spacial score (nSPS) is 24.2. The Morgan fingerprint density at radius 2 is 2.42 bits per heavy atom. The van der Waals surface area contributed by atoms with E-state index in [-0.39, 0.29) is 5.95 Å². The Morgan fingerprint density at radius 3 is 3.00 bits per heavy atom. The fourth-order valence-corrected chi connectivity index (χ4v) is 2.54. The molecule has 1 aliphatic rings. The molecule has 2 heterocycles. The SMILES string of the molecule is Nc1noc(C2CCCCS2)n1. The molecule has 5 heteroatoms. The molecule has 1 saturated heterocycles. The van der Waals surface area contributed by atoms with E-state index in [4.69, 9.17) is 10.3 Å². The first-order chi connectivity index (χ1) is 5.86. The first-order valence-corrected chi connectivity index (χ1v) is 5.12. The minimum atomic E-state index is 0.246. The van der Waals surface area contributed by atoms with Crippen molar-refractivity contribution in [2.75, 3.05) is 11.5 Å². The summed E-state index contributed by atoms with van der Waals surface area (Å²) >= 11 is 1.88. The van der Waals surface area contributed by atoms with Gasteiger partial charge in [0.15, 0.2) is 0 Å². The minimum Gasteiger partial charge on any atom is -0.365 e. The molecule has 1 aromatic rings. The summed E-state index contributed by atoms with van der Waals surface area (Å²) in [5, 5.41) is 3.95. The second kappa shape index (κ2) is 3.35. The van der Waals surface area contributed by atoms with Crippen LogP contribution in [0.2, 0.25) is 0 Å². The van der Waals surface area contributed by atoms with Crippen LogP contribution in [0.1, 0.15) is 30.4 Å². The molecule has 1 aromatic heterocycles. The fraction of sp³-hybridized carbons (Fsp3) is 0.714. The first-order valence-electron chi connectivity index (χ1n) is 4.07. The van der Waals surface area contributed by atoms with Crippen molar-refractivity contribution in [1.82, 2.24) is 10.1 Å². The molecule has 0 amide bonds. The molecule has 1 atom stereocenters. The minimum absolute atomic E-state index is 0.246. The topological polar surface area (TPSA) is 64.9 Å². The molecule has 0 radical (unpaired) electrons. The van der Waals surface area contributed by atoms with E-state index < -0.39 is 0 Å². The lowest BCUT2D eigenvalue weighted by Crippen LogP contribution is -2.02. The van der Waals surface area contributed by atoms with E-state index in [1.54, 1.807) is 0 Å². The van der Waals surface area contributed by atoms with Crippen molar-refractivity contribution >= 4 is 17.7 Å². The van der Waals surface area contributed by atoms with Crippen molar-refractivity contribution in [3.8, 4) is 0 Å². The van der Waals surface area contributed by atoms with Crippen molar-refractivity contribution in [3.63, 3.8) is 0 Å². The van der Waals surface area contributed by atoms with Gasteiger partial charge < -0.3 is 10.3 Å². The third kappa shape index (κ3) is 1.55. The number of nitrogens with zero attached hydrogens (tertiary/aromatic N) is 2. The lowest BCUT2D eigenvalue weighted by molar-refractivity contribution is 0.371. The Hall–Kier alpha value is -0.710. The second-order valence-electron chi connectivity index (χ2n) is 2.85. The molecular weight excluding hydrogens is 174 g/mol. The molecule has 2 rings (SSSR count). The van der Waals surface area contributed by atoms with Crippen LogP contribution in [0.4, 0.5) is 5.95 Å². The lowest BCUT2D eigenvalue weighted by Gasteiger charge is -2.16. The molecular formula is C7H11N3OS. The zero-order chi connectivity index (χ0) is 8.39. The van der Waals surface area contributed by atoms with E-state index in [1.165, 1.54) is 18.6 Å². The number of aromatic nitrogens is 2. The Bertz CT molecular complexity index is 257. The molecule has 1 aliphatic heterocycles. The lowest BCUT2D eigenvalue weighted by atomic mass is 10.2. The maximum atomic E-state index is 5.36. The highest BCUT2D eigenvalue weighted by molar-refractivity contribution is 7.99. The third-order valence-corrected chi connectivity index (χ3v) is 3.28. The molecule has 1 fully saturated rings. The molecule has 0 aliphatic carbocycles. The Kier molecular flexibility index (Phi) is 2.21. The average Bonchev–Trinajstić information content (AvgIpc) is 2.54. The van der Waals surface area contributed by atoms with E-state index in [1.807, 2.05) is 11.8 Å². The Morgan fingerprint density at radius 1 is 1.50 bits per heavy atom. The van der Waals surface area contributed by atoms with Crippen LogP contribution in [0.25, 0.3) is 0 Å². The summed E-state index contributed by atoms with van der Waals surface area (Å²) in [5.41, 5.74) is 5.36. The van der Waals surface area contributed by atoms with Crippen LogP contribution in [0.5, 0.6) is 0 Å².